The summed E-state index contributed by atoms with van der Waals surface area (Å²) in [6.07, 6.45) is 1.55. The maximum Gasteiger partial charge on any atom is 0.352 e. The third-order valence-electron chi connectivity index (χ3n) is 4.02. The first kappa shape index (κ1) is 15.3. The van der Waals surface area contributed by atoms with E-state index >= 15 is 0 Å². The van der Waals surface area contributed by atoms with Crippen LogP contribution in [0.3, 0.4) is 0 Å². The SMILES string of the molecule is Cc1cc2[nH]ncc2cc1S(=O)(=O)c1cc(C(=O)O)n(C)c1C. The molecular weight excluding hydrogens is 318 g/mol. The number of nitrogens with one attached hydrogen (secondary N) is 1. The highest BCUT2D eigenvalue weighted by atomic mass is 32.2. The highest BCUT2D eigenvalue weighted by Crippen LogP contribution is 2.30. The summed E-state index contributed by atoms with van der Waals surface area (Å²) in [5.41, 5.74) is 1.64. The van der Waals surface area contributed by atoms with E-state index in [2.05, 4.69) is 10.2 Å². The molecule has 8 heteroatoms. The number of carboxylic acids is 1. The molecule has 0 aliphatic heterocycles. The average Bonchev–Trinajstić information content (AvgIpc) is 3.03. The Morgan fingerprint density at radius 1 is 1.22 bits per heavy atom. The summed E-state index contributed by atoms with van der Waals surface area (Å²) in [4.78, 5) is 11.4. The van der Waals surface area contributed by atoms with Gasteiger partial charge in [0.15, 0.2) is 0 Å². The summed E-state index contributed by atoms with van der Waals surface area (Å²) in [5, 5.41) is 16.5. The van der Waals surface area contributed by atoms with Gasteiger partial charge in [-0.25, -0.2) is 13.2 Å². The lowest BCUT2D eigenvalue weighted by molar-refractivity contribution is 0.0686. The fourth-order valence-electron chi connectivity index (χ4n) is 2.64. The van der Waals surface area contributed by atoms with Gasteiger partial charge in [-0.2, -0.15) is 5.10 Å². The van der Waals surface area contributed by atoms with Crippen LogP contribution in [0.2, 0.25) is 0 Å². The minimum absolute atomic E-state index is 0.00310. The number of sulfone groups is 1. The number of rotatable bonds is 3. The summed E-state index contributed by atoms with van der Waals surface area (Å²) in [6.45, 7) is 3.29. The van der Waals surface area contributed by atoms with E-state index in [-0.39, 0.29) is 15.5 Å². The van der Waals surface area contributed by atoms with Crippen molar-refractivity contribution >= 4 is 26.7 Å². The van der Waals surface area contributed by atoms with Crippen LogP contribution in [0.15, 0.2) is 34.2 Å². The van der Waals surface area contributed by atoms with E-state index in [0.29, 0.717) is 16.6 Å². The predicted octanol–water partition coefficient (Wildman–Crippen LogP) is 2.05. The van der Waals surface area contributed by atoms with Gasteiger partial charge in [0.2, 0.25) is 9.84 Å². The van der Waals surface area contributed by atoms with E-state index < -0.39 is 15.8 Å². The van der Waals surface area contributed by atoms with Crippen molar-refractivity contribution in [3.05, 3.63) is 41.3 Å². The molecule has 0 amide bonds. The number of H-pyrrole nitrogens is 1. The number of aromatic amines is 1. The number of aromatic nitrogens is 3. The quantitative estimate of drug-likeness (QED) is 0.763. The van der Waals surface area contributed by atoms with Crippen LogP contribution in [0.4, 0.5) is 0 Å². The van der Waals surface area contributed by atoms with Crippen molar-refractivity contribution in [2.75, 3.05) is 0 Å². The predicted molar refractivity (Wildman–Crippen MR) is 83.4 cm³/mol. The Balaban J connectivity index is 2.27. The Morgan fingerprint density at radius 3 is 2.52 bits per heavy atom. The highest BCUT2D eigenvalue weighted by Gasteiger charge is 2.27. The van der Waals surface area contributed by atoms with Gasteiger partial charge in [0.05, 0.1) is 21.5 Å². The van der Waals surface area contributed by atoms with Gasteiger partial charge in [0, 0.05) is 18.1 Å². The first-order valence-electron chi connectivity index (χ1n) is 6.82. The van der Waals surface area contributed by atoms with E-state index in [9.17, 15) is 18.3 Å². The van der Waals surface area contributed by atoms with Crippen molar-refractivity contribution < 1.29 is 18.3 Å². The second kappa shape index (κ2) is 4.95. The van der Waals surface area contributed by atoms with Gasteiger partial charge in [0.25, 0.3) is 0 Å². The van der Waals surface area contributed by atoms with Gasteiger partial charge in [-0.3, -0.25) is 5.10 Å². The number of hydrogen-bond donors (Lipinski definition) is 2. The molecule has 0 aliphatic carbocycles. The Bertz CT molecular complexity index is 1040. The maximum atomic E-state index is 13.0. The Labute approximate surface area is 132 Å². The normalized spacial score (nSPS) is 12.0. The minimum atomic E-state index is -3.83. The number of fused-ring (bicyclic) bond motifs is 1. The third kappa shape index (κ3) is 2.22. The molecule has 2 N–H and O–H groups in total. The molecule has 1 aromatic carbocycles. The Hall–Kier alpha value is -2.61. The van der Waals surface area contributed by atoms with Crippen LogP contribution in [0.25, 0.3) is 10.9 Å². The summed E-state index contributed by atoms with van der Waals surface area (Å²) < 4.78 is 27.3. The summed E-state index contributed by atoms with van der Waals surface area (Å²) in [6, 6.07) is 4.47. The smallest absolute Gasteiger partial charge is 0.352 e. The van der Waals surface area contributed by atoms with Crippen molar-refractivity contribution in [2.45, 2.75) is 23.6 Å². The number of carboxylic acid groups (broad SMARTS) is 1. The average molecular weight is 333 g/mol. The number of nitrogens with zero attached hydrogens (tertiary/aromatic N) is 2. The summed E-state index contributed by atoms with van der Waals surface area (Å²) in [7, 11) is -2.30. The molecule has 0 unspecified atom stereocenters. The first-order chi connectivity index (χ1) is 10.7. The van der Waals surface area contributed by atoms with Gasteiger partial charge >= 0.3 is 5.97 Å². The number of hydrogen-bond acceptors (Lipinski definition) is 4. The van der Waals surface area contributed by atoms with E-state index in [1.54, 1.807) is 32.2 Å². The van der Waals surface area contributed by atoms with Crippen LogP contribution in [-0.2, 0) is 16.9 Å². The molecule has 0 bridgehead atoms. The lowest BCUT2D eigenvalue weighted by Crippen LogP contribution is -2.06. The van der Waals surface area contributed by atoms with Crippen molar-refractivity contribution in [3.8, 4) is 0 Å². The summed E-state index contributed by atoms with van der Waals surface area (Å²) in [5.74, 6) is -1.17. The largest absolute Gasteiger partial charge is 0.477 e. The Morgan fingerprint density at radius 2 is 1.91 bits per heavy atom. The van der Waals surface area contributed by atoms with Crippen molar-refractivity contribution in [1.82, 2.24) is 14.8 Å². The second-order valence-electron chi connectivity index (χ2n) is 5.42. The van der Waals surface area contributed by atoms with Crippen molar-refractivity contribution in [3.63, 3.8) is 0 Å². The van der Waals surface area contributed by atoms with E-state index in [1.165, 1.54) is 17.7 Å². The second-order valence-corrected chi connectivity index (χ2v) is 7.31. The molecule has 0 saturated carbocycles. The molecule has 0 atom stereocenters. The molecule has 2 heterocycles. The highest BCUT2D eigenvalue weighted by molar-refractivity contribution is 7.91. The van der Waals surface area contributed by atoms with E-state index in [0.717, 1.165) is 5.52 Å². The lowest BCUT2D eigenvalue weighted by Gasteiger charge is -2.08. The monoisotopic (exact) mass is 333 g/mol. The molecule has 23 heavy (non-hydrogen) atoms. The van der Waals surface area contributed by atoms with Crippen LogP contribution < -0.4 is 0 Å². The number of aryl methyl sites for hydroxylation is 1. The van der Waals surface area contributed by atoms with Gasteiger partial charge in [0.1, 0.15) is 5.69 Å². The van der Waals surface area contributed by atoms with Crippen LogP contribution in [0.1, 0.15) is 21.7 Å². The van der Waals surface area contributed by atoms with Crippen LogP contribution >= 0.6 is 0 Å². The minimum Gasteiger partial charge on any atom is -0.477 e. The number of carbonyl (C=O) groups is 1. The molecule has 2 aromatic heterocycles. The standard InChI is InChI=1S/C15H15N3O4S/c1-8-4-11-10(7-16-17-11)5-13(8)23(21,22)14-6-12(15(19)20)18(3)9(14)2/h4-7H,1-3H3,(H,16,17)(H,19,20). The molecule has 7 nitrogen and oxygen atoms in total. The summed E-state index contributed by atoms with van der Waals surface area (Å²) >= 11 is 0. The van der Waals surface area contributed by atoms with Crippen LogP contribution in [0, 0.1) is 13.8 Å². The molecule has 0 aliphatic rings. The topological polar surface area (TPSA) is 105 Å². The van der Waals surface area contributed by atoms with Crippen LogP contribution in [0.5, 0.6) is 0 Å². The van der Waals surface area contributed by atoms with Crippen molar-refractivity contribution in [2.24, 2.45) is 7.05 Å². The fourth-order valence-corrected chi connectivity index (χ4v) is 4.43. The maximum absolute atomic E-state index is 13.0. The molecule has 120 valence electrons. The fraction of sp³-hybridized carbons (Fsp3) is 0.200. The van der Waals surface area contributed by atoms with E-state index in [4.69, 9.17) is 0 Å². The molecule has 0 radical (unpaired) electrons. The lowest BCUT2D eigenvalue weighted by atomic mass is 10.2. The van der Waals surface area contributed by atoms with Crippen LogP contribution in [-0.4, -0.2) is 34.3 Å². The Kier molecular flexibility index (Phi) is 3.29. The molecule has 3 rings (SSSR count). The molecule has 0 spiro atoms. The van der Waals surface area contributed by atoms with Gasteiger partial charge in [-0.1, -0.05) is 0 Å². The number of benzene rings is 1. The zero-order chi connectivity index (χ0) is 16.9. The third-order valence-corrected chi connectivity index (χ3v) is 6.03. The molecule has 0 saturated heterocycles. The zero-order valence-electron chi connectivity index (χ0n) is 12.8. The molecule has 3 aromatic rings. The van der Waals surface area contributed by atoms with E-state index in [1.807, 2.05) is 0 Å². The van der Waals surface area contributed by atoms with Crippen molar-refractivity contribution in [1.29, 1.82) is 0 Å². The first-order valence-corrected chi connectivity index (χ1v) is 8.30. The van der Waals surface area contributed by atoms with Gasteiger partial charge < -0.3 is 9.67 Å². The van der Waals surface area contributed by atoms with Gasteiger partial charge in [-0.05, 0) is 37.6 Å². The van der Waals surface area contributed by atoms with Gasteiger partial charge in [-0.15, -0.1) is 0 Å². The molecular formula is C15H15N3O4S. The number of aromatic carboxylic acids is 1. The molecule has 0 fully saturated rings. The zero-order valence-corrected chi connectivity index (χ0v) is 13.6.